The molecule has 9 nitrogen and oxygen atoms in total. The zero-order valence-electron chi connectivity index (χ0n) is 14.6. The monoisotopic (exact) mass is 390 g/mol. The predicted octanol–water partition coefficient (Wildman–Crippen LogP) is 3.04. The summed E-state index contributed by atoms with van der Waals surface area (Å²) < 4.78 is 28.3. The molecular formula is C18H15FN2O7. The summed E-state index contributed by atoms with van der Waals surface area (Å²) >= 11 is 0. The maximum atomic E-state index is 13.0. The van der Waals surface area contributed by atoms with Crippen LogP contribution in [0.1, 0.15) is 23.7 Å². The molecule has 0 saturated carbocycles. The number of hydrogen-bond donors (Lipinski definition) is 1. The maximum Gasteiger partial charge on any atom is 0.346 e. The molecule has 2 aromatic carbocycles. The topological polar surface area (TPSA) is 117 Å². The zero-order valence-corrected chi connectivity index (χ0v) is 14.6. The fourth-order valence-corrected chi connectivity index (χ4v) is 2.52. The highest BCUT2D eigenvalue weighted by atomic mass is 19.1. The molecule has 1 amide bonds. The van der Waals surface area contributed by atoms with E-state index in [1.165, 1.54) is 24.3 Å². The lowest BCUT2D eigenvalue weighted by Gasteiger charge is -2.16. The number of esters is 1. The number of carbonyl (C=O) groups is 2. The highest BCUT2D eigenvalue weighted by Crippen LogP contribution is 2.38. The van der Waals surface area contributed by atoms with Gasteiger partial charge in [-0.25, -0.2) is 9.18 Å². The summed E-state index contributed by atoms with van der Waals surface area (Å²) in [5.41, 5.74) is -0.569. The molecular weight excluding hydrogens is 375 g/mol. The smallest absolute Gasteiger partial charge is 0.346 e. The van der Waals surface area contributed by atoms with Crippen molar-refractivity contribution in [1.82, 2.24) is 0 Å². The number of nitrogens with one attached hydrogen (secondary N) is 1. The lowest BCUT2D eigenvalue weighted by molar-refractivity contribution is -0.385. The third-order valence-corrected chi connectivity index (χ3v) is 3.93. The summed E-state index contributed by atoms with van der Waals surface area (Å²) in [6.07, 6.45) is -1.08. The lowest BCUT2D eigenvalue weighted by atomic mass is 10.1. The highest BCUT2D eigenvalue weighted by Gasteiger charge is 2.31. The number of fused-ring (bicyclic) bond motifs is 1. The zero-order chi connectivity index (χ0) is 20.3. The summed E-state index contributed by atoms with van der Waals surface area (Å²) in [5, 5.41) is 13.8. The van der Waals surface area contributed by atoms with E-state index < -0.39 is 34.4 Å². The molecule has 146 valence electrons. The Kier molecular flexibility index (Phi) is 5.39. The van der Waals surface area contributed by atoms with Crippen molar-refractivity contribution in [2.75, 3.05) is 12.1 Å². The van der Waals surface area contributed by atoms with Crippen LogP contribution in [-0.2, 0) is 9.53 Å². The third kappa shape index (κ3) is 4.00. The number of benzene rings is 2. The molecule has 3 rings (SSSR count). The van der Waals surface area contributed by atoms with E-state index in [1.807, 2.05) is 0 Å². The average Bonchev–Trinajstić information content (AvgIpc) is 3.14. The first-order valence-corrected chi connectivity index (χ1v) is 8.24. The van der Waals surface area contributed by atoms with Gasteiger partial charge in [-0.3, -0.25) is 14.9 Å². The summed E-state index contributed by atoms with van der Waals surface area (Å²) in [5.74, 6) is -1.85. The van der Waals surface area contributed by atoms with Gasteiger partial charge in [0.15, 0.2) is 17.6 Å². The van der Waals surface area contributed by atoms with Gasteiger partial charge in [-0.1, -0.05) is 6.92 Å². The largest absolute Gasteiger partial charge is 0.454 e. The van der Waals surface area contributed by atoms with Gasteiger partial charge in [0.2, 0.25) is 6.79 Å². The molecule has 2 aromatic rings. The van der Waals surface area contributed by atoms with Gasteiger partial charge >= 0.3 is 5.97 Å². The molecule has 28 heavy (non-hydrogen) atoms. The van der Waals surface area contributed by atoms with E-state index in [1.54, 1.807) is 6.92 Å². The molecule has 0 spiro atoms. The predicted molar refractivity (Wildman–Crippen MR) is 93.7 cm³/mol. The average molecular weight is 390 g/mol. The van der Waals surface area contributed by atoms with Crippen molar-refractivity contribution >= 4 is 23.3 Å². The van der Waals surface area contributed by atoms with Crippen molar-refractivity contribution in [1.29, 1.82) is 0 Å². The third-order valence-electron chi connectivity index (χ3n) is 3.93. The Balaban J connectivity index is 1.77. The van der Waals surface area contributed by atoms with E-state index in [2.05, 4.69) is 5.32 Å². The summed E-state index contributed by atoms with van der Waals surface area (Å²) in [4.78, 5) is 35.4. The standard InChI is InChI=1S/C18H15FN2O7/c1-2-14(17(22)20-11-5-3-10(19)4-6-11)28-18(23)12-7-15-16(27-9-26-15)8-13(12)21(24)25/h3-8,14H,2,9H2,1H3,(H,20,22). The van der Waals surface area contributed by atoms with Gasteiger partial charge in [-0.2, -0.15) is 0 Å². The van der Waals surface area contributed by atoms with E-state index in [-0.39, 0.29) is 30.3 Å². The van der Waals surface area contributed by atoms with Crippen LogP contribution >= 0.6 is 0 Å². The van der Waals surface area contributed by atoms with Gasteiger partial charge in [-0.15, -0.1) is 0 Å². The number of carbonyl (C=O) groups excluding carboxylic acids is 2. The van der Waals surface area contributed by atoms with Crippen LogP contribution in [0, 0.1) is 15.9 Å². The molecule has 10 heteroatoms. The second-order valence-corrected chi connectivity index (χ2v) is 5.78. The van der Waals surface area contributed by atoms with Gasteiger partial charge < -0.3 is 19.5 Å². The molecule has 1 aliphatic rings. The number of nitrogens with zero attached hydrogens (tertiary/aromatic N) is 1. The Hall–Kier alpha value is -3.69. The van der Waals surface area contributed by atoms with E-state index >= 15 is 0 Å². The molecule has 1 heterocycles. The van der Waals surface area contributed by atoms with Crippen molar-refractivity contribution in [3.8, 4) is 11.5 Å². The first kappa shape index (κ1) is 19.1. The second-order valence-electron chi connectivity index (χ2n) is 5.78. The minimum Gasteiger partial charge on any atom is -0.454 e. The Morgan fingerprint density at radius 1 is 1.25 bits per heavy atom. The quantitative estimate of drug-likeness (QED) is 0.458. The number of halogens is 1. The first-order valence-electron chi connectivity index (χ1n) is 8.24. The van der Waals surface area contributed by atoms with Gasteiger partial charge in [-0.05, 0) is 30.7 Å². The molecule has 0 radical (unpaired) electrons. The first-order chi connectivity index (χ1) is 13.4. The Bertz CT molecular complexity index is 930. The molecule has 0 aromatic heterocycles. The Labute approximate surface area is 158 Å². The van der Waals surface area contributed by atoms with E-state index in [0.717, 1.165) is 12.1 Å². The Morgan fingerprint density at radius 2 is 1.89 bits per heavy atom. The number of ether oxygens (including phenoxy) is 3. The normalized spacial score (nSPS) is 12.9. The van der Waals surface area contributed by atoms with Crippen LogP contribution in [0.15, 0.2) is 36.4 Å². The minimum absolute atomic E-state index is 0.122. The molecule has 1 atom stereocenters. The second kappa shape index (κ2) is 7.91. The highest BCUT2D eigenvalue weighted by molar-refractivity contribution is 5.99. The number of nitro groups is 1. The number of anilines is 1. The minimum atomic E-state index is -1.21. The summed E-state index contributed by atoms with van der Waals surface area (Å²) in [6, 6.07) is 7.25. The van der Waals surface area contributed by atoms with Crippen LogP contribution in [-0.4, -0.2) is 29.7 Å². The van der Waals surface area contributed by atoms with E-state index in [4.69, 9.17) is 14.2 Å². The van der Waals surface area contributed by atoms with Gasteiger partial charge in [0, 0.05) is 11.8 Å². The number of nitro benzene ring substituents is 1. The van der Waals surface area contributed by atoms with Crippen molar-refractivity contribution in [3.05, 3.63) is 57.9 Å². The fourth-order valence-electron chi connectivity index (χ4n) is 2.52. The van der Waals surface area contributed by atoms with Crippen LogP contribution in [0.25, 0.3) is 0 Å². The molecule has 0 aliphatic carbocycles. The number of hydrogen-bond acceptors (Lipinski definition) is 7. The SMILES string of the molecule is CCC(OC(=O)c1cc2c(cc1[N+](=O)[O-])OCO2)C(=O)Nc1ccc(F)cc1. The maximum absolute atomic E-state index is 13.0. The summed E-state index contributed by atoms with van der Waals surface area (Å²) in [7, 11) is 0. The van der Waals surface area contributed by atoms with Crippen LogP contribution in [0.2, 0.25) is 0 Å². The fraction of sp³-hybridized carbons (Fsp3) is 0.222. The molecule has 1 unspecified atom stereocenters. The van der Waals surface area contributed by atoms with Crippen molar-refractivity contribution in [2.24, 2.45) is 0 Å². The van der Waals surface area contributed by atoms with Crippen molar-refractivity contribution in [2.45, 2.75) is 19.4 Å². The van der Waals surface area contributed by atoms with E-state index in [0.29, 0.717) is 5.69 Å². The van der Waals surface area contributed by atoms with E-state index in [9.17, 15) is 24.1 Å². The molecule has 0 saturated heterocycles. The molecule has 1 aliphatic heterocycles. The van der Waals surface area contributed by atoms with Crippen molar-refractivity contribution in [3.63, 3.8) is 0 Å². The van der Waals surface area contributed by atoms with Gasteiger partial charge in [0.25, 0.3) is 11.6 Å². The number of amides is 1. The van der Waals surface area contributed by atoms with Crippen LogP contribution in [0.4, 0.5) is 15.8 Å². The van der Waals surface area contributed by atoms with Crippen LogP contribution in [0.5, 0.6) is 11.5 Å². The lowest BCUT2D eigenvalue weighted by Crippen LogP contribution is -2.32. The number of rotatable bonds is 6. The Morgan fingerprint density at radius 3 is 2.50 bits per heavy atom. The summed E-state index contributed by atoms with van der Waals surface area (Å²) in [6.45, 7) is 1.49. The van der Waals surface area contributed by atoms with Crippen molar-refractivity contribution < 1.29 is 33.1 Å². The van der Waals surface area contributed by atoms with Crippen LogP contribution in [0.3, 0.4) is 0 Å². The molecule has 0 fully saturated rings. The van der Waals surface area contributed by atoms with Crippen LogP contribution < -0.4 is 14.8 Å². The molecule has 0 bridgehead atoms. The molecule has 1 N–H and O–H groups in total. The van der Waals surface area contributed by atoms with Gasteiger partial charge in [0.1, 0.15) is 11.4 Å². The van der Waals surface area contributed by atoms with Gasteiger partial charge in [0.05, 0.1) is 11.0 Å².